The Kier molecular flexibility index (Phi) is 5.59. The lowest BCUT2D eigenvalue weighted by Crippen LogP contribution is -2.04. The first-order chi connectivity index (χ1) is 10.5. The summed E-state index contributed by atoms with van der Waals surface area (Å²) in [5.74, 6) is 0.426. The van der Waals surface area contributed by atoms with E-state index in [0.29, 0.717) is 23.8 Å². The molecule has 0 amide bonds. The highest BCUT2D eigenvalue weighted by atomic mass is 16.5. The number of rotatable bonds is 7. The van der Waals surface area contributed by atoms with E-state index in [-0.39, 0.29) is 6.42 Å². The number of para-hydroxylation sites is 1. The average Bonchev–Trinajstić information content (AvgIpc) is 2.47. The summed E-state index contributed by atoms with van der Waals surface area (Å²) in [5, 5.41) is 8.92. The second-order valence-corrected chi connectivity index (χ2v) is 5.88. The summed E-state index contributed by atoms with van der Waals surface area (Å²) in [5.41, 5.74) is 3.11. The summed E-state index contributed by atoms with van der Waals surface area (Å²) in [6.45, 7) is 4.85. The van der Waals surface area contributed by atoms with Gasteiger partial charge in [0.2, 0.25) is 0 Å². The van der Waals surface area contributed by atoms with Crippen LogP contribution in [0.4, 0.5) is 0 Å². The van der Waals surface area contributed by atoms with Crippen LogP contribution in [0.25, 0.3) is 0 Å². The van der Waals surface area contributed by atoms with Gasteiger partial charge in [0.1, 0.15) is 12.4 Å². The van der Waals surface area contributed by atoms with Gasteiger partial charge in [0.15, 0.2) is 0 Å². The second-order valence-electron chi connectivity index (χ2n) is 5.88. The first-order valence-corrected chi connectivity index (χ1v) is 7.55. The van der Waals surface area contributed by atoms with E-state index in [0.717, 1.165) is 12.0 Å². The maximum absolute atomic E-state index is 10.9. The van der Waals surface area contributed by atoms with Crippen LogP contribution in [0.15, 0.2) is 48.5 Å². The Bertz CT molecular complexity index is 615. The summed E-state index contributed by atoms with van der Waals surface area (Å²) in [6, 6.07) is 15.7. The smallest absolute Gasteiger partial charge is 0.307 e. The van der Waals surface area contributed by atoms with Crippen LogP contribution in [-0.2, 0) is 24.2 Å². The van der Waals surface area contributed by atoms with Crippen LogP contribution < -0.4 is 4.74 Å². The zero-order valence-corrected chi connectivity index (χ0v) is 13.1. The van der Waals surface area contributed by atoms with Gasteiger partial charge in [0, 0.05) is 5.56 Å². The topological polar surface area (TPSA) is 46.5 Å². The number of aliphatic carboxylic acids is 1. The summed E-state index contributed by atoms with van der Waals surface area (Å²) < 4.78 is 5.78. The second kappa shape index (κ2) is 7.64. The predicted molar refractivity (Wildman–Crippen MR) is 87.1 cm³/mol. The van der Waals surface area contributed by atoms with Crippen LogP contribution in [0.5, 0.6) is 5.75 Å². The molecule has 0 heterocycles. The lowest BCUT2D eigenvalue weighted by Gasteiger charge is -2.11. The Labute approximate surface area is 131 Å². The number of hydrogen-bond acceptors (Lipinski definition) is 2. The largest absolute Gasteiger partial charge is 0.489 e. The molecule has 0 fully saturated rings. The Hall–Kier alpha value is -2.29. The maximum Gasteiger partial charge on any atom is 0.307 e. The molecule has 0 aliphatic carbocycles. The highest BCUT2D eigenvalue weighted by Crippen LogP contribution is 2.20. The van der Waals surface area contributed by atoms with Crippen molar-refractivity contribution in [3.8, 4) is 5.75 Å². The Morgan fingerprint density at radius 1 is 1.05 bits per heavy atom. The highest BCUT2D eigenvalue weighted by molar-refractivity contribution is 5.71. The van der Waals surface area contributed by atoms with Crippen molar-refractivity contribution in [2.75, 3.05) is 0 Å². The number of carboxylic acid groups (broad SMARTS) is 1. The lowest BCUT2D eigenvalue weighted by atomic mass is 10.0. The van der Waals surface area contributed by atoms with E-state index >= 15 is 0 Å². The fourth-order valence-electron chi connectivity index (χ4n) is 2.36. The van der Waals surface area contributed by atoms with Crippen LogP contribution in [0.3, 0.4) is 0 Å². The van der Waals surface area contributed by atoms with Crippen LogP contribution in [-0.4, -0.2) is 11.1 Å². The predicted octanol–water partition coefficient (Wildman–Crippen LogP) is 4.09. The van der Waals surface area contributed by atoms with Gasteiger partial charge in [0.25, 0.3) is 0 Å². The highest BCUT2D eigenvalue weighted by Gasteiger charge is 2.07. The van der Waals surface area contributed by atoms with Gasteiger partial charge in [-0.3, -0.25) is 4.79 Å². The van der Waals surface area contributed by atoms with E-state index in [2.05, 4.69) is 38.1 Å². The first-order valence-electron chi connectivity index (χ1n) is 7.55. The molecule has 0 saturated heterocycles. The molecule has 2 aromatic carbocycles. The molecule has 0 aliphatic rings. The number of benzene rings is 2. The molecule has 0 unspecified atom stereocenters. The van der Waals surface area contributed by atoms with Crippen LogP contribution in [0.1, 0.15) is 30.5 Å². The van der Waals surface area contributed by atoms with Gasteiger partial charge in [-0.1, -0.05) is 56.3 Å². The average molecular weight is 298 g/mol. The molecule has 2 rings (SSSR count). The molecule has 22 heavy (non-hydrogen) atoms. The SMILES string of the molecule is CC(C)Cc1ccc(COc2ccccc2CC(=O)O)cc1. The van der Waals surface area contributed by atoms with Gasteiger partial charge >= 0.3 is 5.97 Å². The Morgan fingerprint density at radius 3 is 2.32 bits per heavy atom. The van der Waals surface area contributed by atoms with Crippen molar-refractivity contribution in [3.05, 3.63) is 65.2 Å². The molecule has 0 radical (unpaired) electrons. The normalized spacial score (nSPS) is 10.7. The van der Waals surface area contributed by atoms with E-state index in [1.165, 1.54) is 5.56 Å². The van der Waals surface area contributed by atoms with E-state index < -0.39 is 5.97 Å². The summed E-state index contributed by atoms with van der Waals surface area (Å²) in [7, 11) is 0. The fraction of sp³-hybridized carbons (Fsp3) is 0.316. The molecule has 2 aromatic rings. The van der Waals surface area contributed by atoms with Gasteiger partial charge < -0.3 is 9.84 Å². The fourth-order valence-corrected chi connectivity index (χ4v) is 2.36. The summed E-state index contributed by atoms with van der Waals surface area (Å²) in [4.78, 5) is 10.9. The molecule has 3 heteroatoms. The Balaban J connectivity index is 1.99. The van der Waals surface area contributed by atoms with Gasteiger partial charge in [-0.15, -0.1) is 0 Å². The quantitative estimate of drug-likeness (QED) is 0.837. The zero-order chi connectivity index (χ0) is 15.9. The number of carboxylic acids is 1. The standard InChI is InChI=1S/C19H22O3/c1-14(2)11-15-7-9-16(10-8-15)13-22-18-6-4-3-5-17(18)12-19(20)21/h3-10,14H,11-13H2,1-2H3,(H,20,21). The van der Waals surface area contributed by atoms with Crippen molar-refractivity contribution < 1.29 is 14.6 Å². The van der Waals surface area contributed by atoms with Gasteiger partial charge in [-0.25, -0.2) is 0 Å². The molecule has 1 N–H and O–H groups in total. The molecule has 0 bridgehead atoms. The minimum Gasteiger partial charge on any atom is -0.489 e. The molecule has 0 aromatic heterocycles. The molecule has 116 valence electrons. The summed E-state index contributed by atoms with van der Waals surface area (Å²) >= 11 is 0. The molecule has 0 atom stereocenters. The zero-order valence-electron chi connectivity index (χ0n) is 13.1. The molecule has 0 aliphatic heterocycles. The van der Waals surface area contributed by atoms with Crippen molar-refractivity contribution in [1.82, 2.24) is 0 Å². The first kappa shape index (κ1) is 16.1. The minimum atomic E-state index is -0.853. The monoisotopic (exact) mass is 298 g/mol. The number of ether oxygens (including phenoxy) is 1. The Morgan fingerprint density at radius 2 is 1.68 bits per heavy atom. The molecular formula is C19H22O3. The molecular weight excluding hydrogens is 276 g/mol. The van der Waals surface area contributed by atoms with Crippen LogP contribution in [0.2, 0.25) is 0 Å². The van der Waals surface area contributed by atoms with Crippen molar-refractivity contribution in [1.29, 1.82) is 0 Å². The molecule has 0 saturated carbocycles. The third-order valence-corrected chi connectivity index (χ3v) is 3.38. The van der Waals surface area contributed by atoms with E-state index in [1.54, 1.807) is 6.07 Å². The molecule has 3 nitrogen and oxygen atoms in total. The van der Waals surface area contributed by atoms with Crippen molar-refractivity contribution >= 4 is 5.97 Å². The van der Waals surface area contributed by atoms with Crippen molar-refractivity contribution in [2.24, 2.45) is 5.92 Å². The van der Waals surface area contributed by atoms with Crippen molar-refractivity contribution in [3.63, 3.8) is 0 Å². The number of carbonyl (C=O) groups is 1. The lowest BCUT2D eigenvalue weighted by molar-refractivity contribution is -0.136. The van der Waals surface area contributed by atoms with Gasteiger partial charge in [-0.2, -0.15) is 0 Å². The molecule has 0 spiro atoms. The van der Waals surface area contributed by atoms with Crippen LogP contribution >= 0.6 is 0 Å². The third kappa shape index (κ3) is 4.92. The van der Waals surface area contributed by atoms with E-state index in [4.69, 9.17) is 9.84 Å². The van der Waals surface area contributed by atoms with Crippen LogP contribution in [0, 0.1) is 5.92 Å². The third-order valence-electron chi connectivity index (χ3n) is 3.38. The summed E-state index contributed by atoms with van der Waals surface area (Å²) in [6.07, 6.45) is 1.05. The van der Waals surface area contributed by atoms with Crippen molar-refractivity contribution in [2.45, 2.75) is 33.3 Å². The number of hydrogen-bond donors (Lipinski definition) is 1. The maximum atomic E-state index is 10.9. The van der Waals surface area contributed by atoms with E-state index in [9.17, 15) is 4.79 Å². The minimum absolute atomic E-state index is 0.0243. The van der Waals surface area contributed by atoms with Gasteiger partial charge in [-0.05, 0) is 29.5 Å². The van der Waals surface area contributed by atoms with Gasteiger partial charge in [0.05, 0.1) is 6.42 Å². The van der Waals surface area contributed by atoms with E-state index in [1.807, 2.05) is 18.2 Å².